The lowest BCUT2D eigenvalue weighted by Gasteiger charge is -1.89. The summed E-state index contributed by atoms with van der Waals surface area (Å²) < 4.78 is 20.5. The van der Waals surface area contributed by atoms with Crippen molar-refractivity contribution in [2.45, 2.75) is 6.92 Å². The minimum absolute atomic E-state index is 0.142. The second kappa shape index (κ2) is 2.28. The molecule has 0 aliphatic heterocycles. The van der Waals surface area contributed by atoms with Crippen LogP contribution in [0.3, 0.4) is 0 Å². The van der Waals surface area contributed by atoms with Gasteiger partial charge in [-0.25, -0.2) is 8.42 Å². The summed E-state index contributed by atoms with van der Waals surface area (Å²) in [5.41, 5.74) is 4.83. The Morgan fingerprint density at radius 1 is 1.57 bits per heavy atom. The van der Waals surface area contributed by atoms with Crippen LogP contribution in [0, 0.1) is 0 Å². The predicted molar refractivity (Wildman–Crippen MR) is 28.5 cm³/mol. The molecule has 3 nitrogen and oxygen atoms in total. The molecule has 44 valence electrons. The van der Waals surface area contributed by atoms with Crippen molar-refractivity contribution in [1.29, 1.82) is 0 Å². The van der Waals surface area contributed by atoms with E-state index >= 15 is 0 Å². The van der Waals surface area contributed by atoms with Crippen molar-refractivity contribution in [1.82, 2.24) is 0 Å². The van der Waals surface area contributed by atoms with Crippen LogP contribution in [0.15, 0.2) is 0 Å². The first-order valence-electron chi connectivity index (χ1n) is 2.03. The van der Waals surface area contributed by atoms with Crippen molar-refractivity contribution in [3.63, 3.8) is 0 Å². The smallest absolute Gasteiger partial charge is 0.162 e. The van der Waals surface area contributed by atoms with E-state index in [2.05, 4.69) is 0 Å². The largest absolute Gasteiger partial charge is 0.318 e. The Hall–Kier alpha value is -0.0900. The van der Waals surface area contributed by atoms with E-state index < -0.39 is 9.84 Å². The van der Waals surface area contributed by atoms with Crippen LogP contribution < -0.4 is 5.73 Å². The number of hydrogen-bond acceptors (Lipinski definition) is 3. The standard InChI is InChI=1S/C3H9NO2S/c1-2-7(5,6)3-4/h2-4H2,1H3. The summed E-state index contributed by atoms with van der Waals surface area (Å²) in [5, 5.41) is 0. The van der Waals surface area contributed by atoms with Gasteiger partial charge in [0.05, 0.1) is 5.88 Å². The molecular formula is C3H9NO2S. The topological polar surface area (TPSA) is 60.2 Å². The lowest BCUT2D eigenvalue weighted by atomic mass is 11.0. The molecule has 2 N–H and O–H groups in total. The van der Waals surface area contributed by atoms with Gasteiger partial charge in [0, 0.05) is 5.75 Å². The summed E-state index contributed by atoms with van der Waals surface area (Å²) in [6, 6.07) is 0. The Bertz CT molecular complexity index is 116. The highest BCUT2D eigenvalue weighted by Crippen LogP contribution is 1.80. The van der Waals surface area contributed by atoms with Gasteiger partial charge in [0.2, 0.25) is 0 Å². The molecule has 0 amide bonds. The number of hydrogen-bond donors (Lipinski definition) is 1. The van der Waals surface area contributed by atoms with Crippen molar-refractivity contribution in [3.05, 3.63) is 0 Å². The van der Waals surface area contributed by atoms with Gasteiger partial charge in [0.25, 0.3) is 0 Å². The molecule has 0 atom stereocenters. The SMILES string of the molecule is CCS(=O)(=O)CN. The molecule has 0 unspecified atom stereocenters. The summed E-state index contributed by atoms with van der Waals surface area (Å²) in [5.74, 6) is -0.0903. The molecule has 0 rings (SSSR count). The fourth-order valence-electron chi connectivity index (χ4n) is 0.118. The number of rotatable bonds is 2. The maximum atomic E-state index is 10.2. The van der Waals surface area contributed by atoms with Crippen LogP contribution in [0.5, 0.6) is 0 Å². The van der Waals surface area contributed by atoms with Gasteiger partial charge in [-0.1, -0.05) is 6.92 Å². The van der Waals surface area contributed by atoms with Crippen molar-refractivity contribution in [2.75, 3.05) is 11.6 Å². The molecule has 0 radical (unpaired) electrons. The summed E-state index contributed by atoms with van der Waals surface area (Å²) in [6.07, 6.45) is 0. The molecule has 0 fully saturated rings. The Balaban J connectivity index is 3.89. The molecular weight excluding hydrogens is 114 g/mol. The Morgan fingerprint density at radius 3 is 2.00 bits per heavy atom. The van der Waals surface area contributed by atoms with E-state index in [0.717, 1.165) is 0 Å². The molecule has 0 heterocycles. The molecule has 0 bridgehead atoms. The van der Waals surface area contributed by atoms with E-state index in [9.17, 15) is 8.42 Å². The van der Waals surface area contributed by atoms with Crippen molar-refractivity contribution in [2.24, 2.45) is 5.73 Å². The van der Waals surface area contributed by atoms with E-state index in [-0.39, 0.29) is 11.6 Å². The molecule has 0 saturated carbocycles. The third-order valence-electron chi connectivity index (χ3n) is 0.694. The molecule has 7 heavy (non-hydrogen) atoms. The van der Waals surface area contributed by atoms with Crippen LogP contribution in [-0.4, -0.2) is 20.0 Å². The third-order valence-corrected chi connectivity index (χ3v) is 2.08. The molecule has 0 spiro atoms. The maximum absolute atomic E-state index is 10.2. The number of nitrogens with two attached hydrogens (primary N) is 1. The molecule has 4 heteroatoms. The third kappa shape index (κ3) is 2.59. The first-order chi connectivity index (χ1) is 3.12. The van der Waals surface area contributed by atoms with Crippen molar-refractivity contribution in [3.8, 4) is 0 Å². The average Bonchev–Trinajstić information content (AvgIpc) is 1.68. The van der Waals surface area contributed by atoms with Gasteiger partial charge in [0.1, 0.15) is 0 Å². The maximum Gasteiger partial charge on any atom is 0.162 e. The Labute approximate surface area is 43.4 Å². The summed E-state index contributed by atoms with van der Waals surface area (Å²) in [4.78, 5) is 0. The molecule has 0 aromatic heterocycles. The molecule has 0 saturated heterocycles. The Morgan fingerprint density at radius 2 is 2.00 bits per heavy atom. The minimum atomic E-state index is -2.88. The van der Waals surface area contributed by atoms with Gasteiger partial charge < -0.3 is 5.73 Å². The zero-order valence-electron chi connectivity index (χ0n) is 4.22. The predicted octanol–water partition coefficient (Wildman–Crippen LogP) is -0.663. The van der Waals surface area contributed by atoms with Crippen molar-refractivity contribution >= 4 is 9.84 Å². The summed E-state index contributed by atoms with van der Waals surface area (Å²) in [6.45, 7) is 1.57. The van der Waals surface area contributed by atoms with Gasteiger partial charge >= 0.3 is 0 Å². The molecule has 0 aromatic rings. The number of sulfone groups is 1. The van der Waals surface area contributed by atoms with E-state index in [0.29, 0.717) is 0 Å². The van der Waals surface area contributed by atoms with E-state index in [4.69, 9.17) is 5.73 Å². The highest BCUT2D eigenvalue weighted by molar-refractivity contribution is 7.91. The zero-order chi connectivity index (χ0) is 5.91. The quantitative estimate of drug-likeness (QED) is 0.530. The van der Waals surface area contributed by atoms with Crippen LogP contribution >= 0.6 is 0 Å². The van der Waals surface area contributed by atoms with Gasteiger partial charge in [-0.2, -0.15) is 0 Å². The monoisotopic (exact) mass is 123 g/mol. The minimum Gasteiger partial charge on any atom is -0.318 e. The van der Waals surface area contributed by atoms with E-state index in [1.54, 1.807) is 6.92 Å². The average molecular weight is 123 g/mol. The summed E-state index contributed by atoms with van der Waals surface area (Å²) >= 11 is 0. The highest BCUT2D eigenvalue weighted by Gasteiger charge is 1.99. The van der Waals surface area contributed by atoms with E-state index in [1.807, 2.05) is 0 Å². The van der Waals surface area contributed by atoms with Crippen molar-refractivity contribution < 1.29 is 8.42 Å². The van der Waals surface area contributed by atoms with Crippen LogP contribution in [-0.2, 0) is 9.84 Å². The second-order valence-corrected chi connectivity index (χ2v) is 3.60. The first-order valence-corrected chi connectivity index (χ1v) is 3.85. The fraction of sp³-hybridized carbons (Fsp3) is 1.00. The van der Waals surface area contributed by atoms with Crippen LogP contribution in [0.2, 0.25) is 0 Å². The fourth-order valence-corrected chi connectivity index (χ4v) is 0.354. The highest BCUT2D eigenvalue weighted by atomic mass is 32.2. The molecule has 0 aromatic carbocycles. The zero-order valence-corrected chi connectivity index (χ0v) is 5.03. The van der Waals surface area contributed by atoms with Crippen LogP contribution in [0.25, 0.3) is 0 Å². The normalized spacial score (nSPS) is 11.7. The van der Waals surface area contributed by atoms with Gasteiger partial charge in [0.15, 0.2) is 9.84 Å². The van der Waals surface area contributed by atoms with E-state index in [1.165, 1.54) is 0 Å². The molecule has 0 aliphatic carbocycles. The second-order valence-electron chi connectivity index (χ2n) is 1.20. The van der Waals surface area contributed by atoms with Gasteiger partial charge in [-0.05, 0) is 0 Å². The van der Waals surface area contributed by atoms with Gasteiger partial charge in [-0.15, -0.1) is 0 Å². The van der Waals surface area contributed by atoms with Crippen LogP contribution in [0.1, 0.15) is 6.92 Å². The summed E-state index contributed by atoms with van der Waals surface area (Å²) in [7, 11) is -2.88. The lowest BCUT2D eigenvalue weighted by molar-refractivity contribution is 0.597. The first kappa shape index (κ1) is 6.91. The van der Waals surface area contributed by atoms with Gasteiger partial charge in [-0.3, -0.25) is 0 Å². The Kier molecular flexibility index (Phi) is 2.25. The molecule has 0 aliphatic rings. The lowest BCUT2D eigenvalue weighted by Crippen LogP contribution is -2.15. The van der Waals surface area contributed by atoms with Crippen LogP contribution in [0.4, 0.5) is 0 Å².